The number of ether oxygens (including phenoxy) is 2. The smallest absolute Gasteiger partial charge is 0.216 e. The summed E-state index contributed by atoms with van der Waals surface area (Å²) in [5.74, 6) is -1.72. The second-order valence-electron chi connectivity index (χ2n) is 7.76. The number of aliphatic hydroxyl groups is 8. The van der Waals surface area contributed by atoms with Gasteiger partial charge in [-0.2, -0.15) is 0 Å². The van der Waals surface area contributed by atoms with Crippen molar-refractivity contribution in [2.45, 2.75) is 74.4 Å². The van der Waals surface area contributed by atoms with E-state index in [4.69, 9.17) is 43.2 Å². The molecule has 1 aliphatic rings. The Balaban J connectivity index is 2.98. The van der Waals surface area contributed by atoms with Gasteiger partial charge in [-0.25, -0.2) is 0 Å². The molecule has 33 heavy (non-hydrogen) atoms. The van der Waals surface area contributed by atoms with Crippen LogP contribution < -0.4 is 28.7 Å². The first-order chi connectivity index (χ1) is 15.4. The monoisotopic (exact) mass is 483 g/mol. The van der Waals surface area contributed by atoms with Crippen molar-refractivity contribution >= 4 is 0 Å². The Morgan fingerprint density at radius 2 is 1.33 bits per heavy atom. The fraction of sp³-hybridized carbons (Fsp3) is 0.778. The largest absolute Gasteiger partial charge is 0.508 e. The minimum atomic E-state index is -2.11. The van der Waals surface area contributed by atoms with Crippen LogP contribution in [-0.4, -0.2) is 109 Å². The molecule has 3 unspecified atom stereocenters. The summed E-state index contributed by atoms with van der Waals surface area (Å²) < 4.78 is 10.5. The van der Waals surface area contributed by atoms with Crippen LogP contribution >= 0.6 is 0 Å². The van der Waals surface area contributed by atoms with Gasteiger partial charge in [-0.1, -0.05) is 0 Å². The lowest BCUT2D eigenvalue weighted by Gasteiger charge is -2.43. The number of hydrogen-bond acceptors (Lipinski definition) is 15. The summed E-state index contributed by atoms with van der Waals surface area (Å²) in [5.41, 5.74) is 27.1. The van der Waals surface area contributed by atoms with Crippen molar-refractivity contribution in [3.63, 3.8) is 0 Å². The van der Waals surface area contributed by atoms with Gasteiger partial charge >= 0.3 is 0 Å². The van der Waals surface area contributed by atoms with Crippen molar-refractivity contribution < 1.29 is 50.3 Å². The van der Waals surface area contributed by atoms with Gasteiger partial charge in [-0.3, -0.25) is 0 Å². The van der Waals surface area contributed by atoms with E-state index in [1.54, 1.807) is 0 Å². The number of hydrogen-bond donors (Lipinski definition) is 13. The molecule has 0 heterocycles. The minimum absolute atomic E-state index is 0.0235. The van der Waals surface area contributed by atoms with E-state index in [0.29, 0.717) is 0 Å². The summed E-state index contributed by atoms with van der Waals surface area (Å²) in [5, 5.41) is 79.2. The number of aliphatic hydroxyl groups excluding tert-OH is 8. The molecule has 0 spiro atoms. The quantitative estimate of drug-likeness (QED) is 0.0910. The molecule has 15 nitrogen and oxygen atoms in total. The fourth-order valence-corrected chi connectivity index (χ4v) is 3.28. The van der Waals surface area contributed by atoms with Gasteiger partial charge in [-0.05, 0) is 19.4 Å². The van der Waals surface area contributed by atoms with Crippen molar-refractivity contribution in [2.75, 3.05) is 13.2 Å². The van der Waals surface area contributed by atoms with Gasteiger partial charge in [0.15, 0.2) is 12.0 Å². The first kappa shape index (κ1) is 29.3. The molecular weight excluding hydrogens is 446 g/mol. The van der Waals surface area contributed by atoms with Gasteiger partial charge < -0.3 is 79.0 Å². The first-order valence-corrected chi connectivity index (χ1v) is 10.3. The van der Waals surface area contributed by atoms with Gasteiger partial charge in [0.25, 0.3) is 0 Å². The van der Waals surface area contributed by atoms with Crippen LogP contribution in [0.3, 0.4) is 0 Å². The lowest BCUT2D eigenvalue weighted by atomic mass is 9.84. The van der Waals surface area contributed by atoms with Gasteiger partial charge in [0.2, 0.25) is 6.29 Å². The lowest BCUT2D eigenvalue weighted by Crippen LogP contribution is -2.64. The molecule has 18 N–H and O–H groups in total. The van der Waals surface area contributed by atoms with Crippen LogP contribution in [0.5, 0.6) is 0 Å². The third kappa shape index (κ3) is 7.62. The van der Waals surface area contributed by atoms with Crippen molar-refractivity contribution in [3.05, 3.63) is 22.9 Å². The molecule has 194 valence electrons. The predicted octanol–water partition coefficient (Wildman–Crippen LogP) is -5.28. The highest BCUT2D eigenvalue weighted by atomic mass is 16.6. The Kier molecular flexibility index (Phi) is 11.7. The molecular formula is C18H37N5O10. The maximum absolute atomic E-state index is 10.7. The van der Waals surface area contributed by atoms with Gasteiger partial charge in [0, 0.05) is 25.1 Å². The van der Waals surface area contributed by atoms with E-state index in [0.717, 1.165) is 0 Å². The van der Waals surface area contributed by atoms with Gasteiger partial charge in [0.1, 0.15) is 35.9 Å². The first-order valence-electron chi connectivity index (χ1n) is 10.3. The Hall–Kier alpha value is -1.76. The molecule has 0 aliphatic heterocycles. The fourth-order valence-electron chi connectivity index (χ4n) is 3.28. The summed E-state index contributed by atoms with van der Waals surface area (Å²) in [7, 11) is 0. The van der Waals surface area contributed by atoms with Crippen molar-refractivity contribution in [2.24, 2.45) is 28.7 Å². The molecule has 0 aromatic carbocycles. The van der Waals surface area contributed by atoms with Crippen molar-refractivity contribution in [1.29, 1.82) is 0 Å². The zero-order valence-corrected chi connectivity index (χ0v) is 18.0. The van der Waals surface area contributed by atoms with E-state index in [-0.39, 0.29) is 25.8 Å². The molecule has 0 aromatic heterocycles. The van der Waals surface area contributed by atoms with Crippen LogP contribution in [0.15, 0.2) is 22.9 Å². The SMILES string of the molecule is NCC[C@@H](O)/C(O)=C(/N)[C@H](O)OC1C(N)C[C@@H](N)C(O[C@@H](O)/C(O)=C(/N)[C@H](O)CCO)[C@H]1O. The Morgan fingerprint density at radius 1 is 0.818 bits per heavy atom. The Morgan fingerprint density at radius 3 is 1.82 bits per heavy atom. The van der Waals surface area contributed by atoms with Crippen LogP contribution in [-0.2, 0) is 9.47 Å². The zero-order chi connectivity index (χ0) is 25.5. The average Bonchev–Trinajstić information content (AvgIpc) is 2.77. The van der Waals surface area contributed by atoms with E-state index >= 15 is 0 Å². The van der Waals surface area contributed by atoms with Crippen molar-refractivity contribution in [1.82, 2.24) is 0 Å². The third-order valence-corrected chi connectivity index (χ3v) is 5.24. The van der Waals surface area contributed by atoms with Gasteiger partial charge in [0.05, 0.1) is 11.8 Å². The van der Waals surface area contributed by atoms with E-state index in [1.807, 2.05) is 0 Å². The summed E-state index contributed by atoms with van der Waals surface area (Å²) in [6.45, 7) is -0.405. The molecule has 0 saturated heterocycles. The maximum atomic E-state index is 10.7. The highest BCUT2D eigenvalue weighted by molar-refractivity contribution is 5.12. The third-order valence-electron chi connectivity index (χ3n) is 5.24. The van der Waals surface area contributed by atoms with E-state index in [9.17, 15) is 35.7 Å². The molecule has 1 rings (SSSR count). The highest BCUT2D eigenvalue weighted by Gasteiger charge is 2.45. The molecule has 0 amide bonds. The molecule has 9 atom stereocenters. The Labute approximate surface area is 190 Å². The molecule has 0 bridgehead atoms. The topological polar surface area (TPSA) is 310 Å². The standard InChI is InChI=1S/C18H37N5O10/c19-3-1-9(26)12(27)11(23)17(30)32-15-6(20)5-7(21)16(14(15)29)33-18(31)13(28)10(22)8(25)2-4-24/h6-9,14-18,24-31H,1-5,19-23H2/b12-11-,13-10-/t6?,7-,8-,9-,14+,15?,16?,17-,18-/m1/s1. The van der Waals surface area contributed by atoms with Crippen LogP contribution in [0.4, 0.5) is 0 Å². The van der Waals surface area contributed by atoms with E-state index < -0.39 is 84.7 Å². The normalized spacial score (nSPS) is 31.2. The molecule has 15 heteroatoms. The zero-order valence-electron chi connectivity index (χ0n) is 18.0. The molecule has 1 fully saturated rings. The van der Waals surface area contributed by atoms with Crippen LogP contribution in [0.1, 0.15) is 19.3 Å². The predicted molar refractivity (Wildman–Crippen MR) is 113 cm³/mol. The maximum Gasteiger partial charge on any atom is 0.216 e. The van der Waals surface area contributed by atoms with Crippen molar-refractivity contribution in [3.8, 4) is 0 Å². The molecule has 0 aromatic rings. The summed E-state index contributed by atoms with van der Waals surface area (Å²) in [6.07, 6.45) is -11.7. The highest BCUT2D eigenvalue weighted by Crippen LogP contribution is 2.27. The van der Waals surface area contributed by atoms with Crippen LogP contribution in [0.25, 0.3) is 0 Å². The molecule has 0 radical (unpaired) electrons. The average molecular weight is 484 g/mol. The summed E-state index contributed by atoms with van der Waals surface area (Å²) in [4.78, 5) is 0. The van der Waals surface area contributed by atoms with Crippen LogP contribution in [0, 0.1) is 0 Å². The molecule has 1 saturated carbocycles. The summed E-state index contributed by atoms with van der Waals surface area (Å²) >= 11 is 0. The van der Waals surface area contributed by atoms with Gasteiger partial charge in [-0.15, -0.1) is 0 Å². The number of nitrogens with two attached hydrogens (primary N) is 5. The van der Waals surface area contributed by atoms with Crippen LogP contribution in [0.2, 0.25) is 0 Å². The minimum Gasteiger partial charge on any atom is -0.508 e. The molecule has 1 aliphatic carbocycles. The second kappa shape index (κ2) is 13.2. The second-order valence-corrected chi connectivity index (χ2v) is 7.76. The Bertz CT molecular complexity index is 627. The lowest BCUT2D eigenvalue weighted by molar-refractivity contribution is -0.226. The van der Waals surface area contributed by atoms with E-state index in [2.05, 4.69) is 0 Å². The summed E-state index contributed by atoms with van der Waals surface area (Å²) in [6, 6.07) is -1.89. The number of rotatable bonds is 12. The van der Waals surface area contributed by atoms with E-state index in [1.165, 1.54) is 0 Å².